The summed E-state index contributed by atoms with van der Waals surface area (Å²) in [5.41, 5.74) is 7.66. The Hall–Kier alpha value is -1.07. The van der Waals surface area contributed by atoms with Gasteiger partial charge in [-0.15, -0.1) is 0 Å². The third-order valence-corrected chi connectivity index (χ3v) is 3.31. The third-order valence-electron chi connectivity index (χ3n) is 2.81. The highest BCUT2D eigenvalue weighted by atomic mass is 79.9. The van der Waals surface area contributed by atoms with Crippen molar-refractivity contribution in [1.29, 1.82) is 0 Å². The Bertz CT molecular complexity index is 563. The molecule has 1 heterocycles. The first-order chi connectivity index (χ1) is 8.43. The molecule has 98 valence electrons. The summed E-state index contributed by atoms with van der Waals surface area (Å²) in [5, 5.41) is 0. The van der Waals surface area contributed by atoms with Gasteiger partial charge < -0.3 is 15.0 Å². The SMILES string of the molecule is CCOC(C)(C)Cn1c(N)nc2cc(Br)ccc21. The van der Waals surface area contributed by atoms with Crippen LogP contribution in [0, 0.1) is 0 Å². The Morgan fingerprint density at radius 3 is 2.83 bits per heavy atom. The normalized spacial score (nSPS) is 12.2. The minimum absolute atomic E-state index is 0.260. The maximum absolute atomic E-state index is 5.99. The van der Waals surface area contributed by atoms with E-state index in [1.807, 2.05) is 29.7 Å². The van der Waals surface area contributed by atoms with Gasteiger partial charge in [0.05, 0.1) is 23.2 Å². The molecule has 2 rings (SSSR count). The number of nitrogens with zero attached hydrogens (tertiary/aromatic N) is 2. The molecule has 4 nitrogen and oxygen atoms in total. The number of rotatable bonds is 4. The van der Waals surface area contributed by atoms with Gasteiger partial charge >= 0.3 is 0 Å². The molecule has 0 amide bonds. The van der Waals surface area contributed by atoms with Crippen LogP contribution in [-0.4, -0.2) is 21.8 Å². The molecule has 0 aliphatic rings. The maximum Gasteiger partial charge on any atom is 0.201 e. The molecule has 18 heavy (non-hydrogen) atoms. The Balaban J connectivity index is 2.41. The zero-order valence-corrected chi connectivity index (χ0v) is 12.5. The molecule has 0 aliphatic carbocycles. The molecule has 0 bridgehead atoms. The summed E-state index contributed by atoms with van der Waals surface area (Å²) in [4.78, 5) is 4.37. The average molecular weight is 312 g/mol. The van der Waals surface area contributed by atoms with Crippen LogP contribution in [0.5, 0.6) is 0 Å². The molecule has 1 aromatic carbocycles. The average Bonchev–Trinajstić information content (AvgIpc) is 2.54. The van der Waals surface area contributed by atoms with Crippen LogP contribution in [0.3, 0.4) is 0 Å². The second-order valence-electron chi connectivity index (χ2n) is 4.88. The topological polar surface area (TPSA) is 53.1 Å². The number of aromatic nitrogens is 2. The highest BCUT2D eigenvalue weighted by molar-refractivity contribution is 9.10. The predicted molar refractivity (Wildman–Crippen MR) is 77.6 cm³/mol. The van der Waals surface area contributed by atoms with E-state index >= 15 is 0 Å². The van der Waals surface area contributed by atoms with Crippen LogP contribution in [0.25, 0.3) is 11.0 Å². The van der Waals surface area contributed by atoms with Crippen molar-refractivity contribution < 1.29 is 4.74 Å². The minimum atomic E-state index is -0.260. The second kappa shape index (κ2) is 4.90. The van der Waals surface area contributed by atoms with E-state index in [0.717, 1.165) is 15.5 Å². The summed E-state index contributed by atoms with van der Waals surface area (Å²) in [6, 6.07) is 5.98. The van der Waals surface area contributed by atoms with E-state index in [4.69, 9.17) is 10.5 Å². The monoisotopic (exact) mass is 311 g/mol. The number of benzene rings is 1. The maximum atomic E-state index is 5.99. The van der Waals surface area contributed by atoms with E-state index in [1.165, 1.54) is 0 Å². The van der Waals surface area contributed by atoms with Crippen molar-refractivity contribution in [3.63, 3.8) is 0 Å². The summed E-state index contributed by atoms with van der Waals surface area (Å²) in [7, 11) is 0. The number of nitrogens with two attached hydrogens (primary N) is 1. The number of fused-ring (bicyclic) bond motifs is 1. The molecule has 2 aromatic rings. The lowest BCUT2D eigenvalue weighted by atomic mass is 10.1. The standard InChI is InChI=1S/C13H18BrN3O/c1-4-18-13(2,3)8-17-11-6-5-9(14)7-10(11)16-12(17)15/h5-7H,4,8H2,1-3H3,(H2,15,16). The molecule has 0 fully saturated rings. The molecule has 0 radical (unpaired) electrons. The Labute approximate surface area is 115 Å². The van der Waals surface area contributed by atoms with Gasteiger partial charge in [-0.05, 0) is 39.0 Å². The lowest BCUT2D eigenvalue weighted by Crippen LogP contribution is -2.31. The number of ether oxygens (including phenoxy) is 1. The van der Waals surface area contributed by atoms with Gasteiger partial charge in [-0.3, -0.25) is 0 Å². The zero-order valence-electron chi connectivity index (χ0n) is 10.9. The van der Waals surface area contributed by atoms with Crippen molar-refractivity contribution in [1.82, 2.24) is 9.55 Å². The van der Waals surface area contributed by atoms with Crippen LogP contribution in [0.15, 0.2) is 22.7 Å². The fourth-order valence-corrected chi connectivity index (χ4v) is 2.45. The van der Waals surface area contributed by atoms with Crippen molar-refractivity contribution in [2.24, 2.45) is 0 Å². The molecule has 0 saturated heterocycles. The van der Waals surface area contributed by atoms with Gasteiger partial charge in [0, 0.05) is 11.1 Å². The van der Waals surface area contributed by atoms with Crippen molar-refractivity contribution in [2.75, 3.05) is 12.3 Å². The zero-order chi connectivity index (χ0) is 13.3. The van der Waals surface area contributed by atoms with E-state index in [1.54, 1.807) is 0 Å². The van der Waals surface area contributed by atoms with Gasteiger partial charge in [0.1, 0.15) is 0 Å². The largest absolute Gasteiger partial charge is 0.374 e. The van der Waals surface area contributed by atoms with Gasteiger partial charge in [0.2, 0.25) is 5.95 Å². The van der Waals surface area contributed by atoms with Crippen LogP contribution < -0.4 is 5.73 Å². The van der Waals surface area contributed by atoms with Crippen LogP contribution >= 0.6 is 15.9 Å². The van der Waals surface area contributed by atoms with E-state index in [-0.39, 0.29) is 5.60 Å². The summed E-state index contributed by atoms with van der Waals surface area (Å²) in [6.45, 7) is 7.48. The number of nitrogen functional groups attached to an aromatic ring is 1. The van der Waals surface area contributed by atoms with Crippen molar-refractivity contribution in [2.45, 2.75) is 32.9 Å². The lowest BCUT2D eigenvalue weighted by Gasteiger charge is -2.25. The molecule has 2 N–H and O–H groups in total. The van der Waals surface area contributed by atoms with Crippen LogP contribution in [-0.2, 0) is 11.3 Å². The highest BCUT2D eigenvalue weighted by Crippen LogP contribution is 2.24. The molecule has 5 heteroatoms. The summed E-state index contributed by atoms with van der Waals surface area (Å²) in [6.07, 6.45) is 0. The van der Waals surface area contributed by atoms with Crippen LogP contribution in [0.2, 0.25) is 0 Å². The first kappa shape index (κ1) is 13.4. The molecular formula is C13H18BrN3O. The first-order valence-corrected chi connectivity index (χ1v) is 6.77. The van der Waals surface area contributed by atoms with Gasteiger partial charge in [-0.1, -0.05) is 15.9 Å². The third kappa shape index (κ3) is 2.67. The van der Waals surface area contributed by atoms with Crippen LogP contribution in [0.1, 0.15) is 20.8 Å². The Kier molecular flexibility index (Phi) is 3.64. The summed E-state index contributed by atoms with van der Waals surface area (Å²) < 4.78 is 8.72. The number of hydrogen-bond acceptors (Lipinski definition) is 3. The van der Waals surface area contributed by atoms with Crippen molar-refractivity contribution in [3.8, 4) is 0 Å². The lowest BCUT2D eigenvalue weighted by molar-refractivity contribution is -0.0212. The van der Waals surface area contributed by atoms with Gasteiger partial charge in [0.25, 0.3) is 0 Å². The van der Waals surface area contributed by atoms with Gasteiger partial charge in [-0.25, -0.2) is 4.98 Å². The molecule has 1 aromatic heterocycles. The number of hydrogen-bond donors (Lipinski definition) is 1. The molecule has 0 saturated carbocycles. The second-order valence-corrected chi connectivity index (χ2v) is 5.80. The summed E-state index contributed by atoms with van der Waals surface area (Å²) in [5.74, 6) is 0.524. The number of halogens is 1. The fourth-order valence-electron chi connectivity index (χ4n) is 2.10. The quantitative estimate of drug-likeness (QED) is 0.943. The Morgan fingerprint density at radius 1 is 1.44 bits per heavy atom. The molecular weight excluding hydrogens is 294 g/mol. The Morgan fingerprint density at radius 2 is 2.17 bits per heavy atom. The van der Waals surface area contributed by atoms with Gasteiger partial charge in [0.15, 0.2) is 0 Å². The van der Waals surface area contributed by atoms with E-state index in [9.17, 15) is 0 Å². The summed E-state index contributed by atoms with van der Waals surface area (Å²) >= 11 is 3.44. The molecule has 0 aliphatic heterocycles. The molecule has 0 unspecified atom stereocenters. The molecule has 0 spiro atoms. The van der Waals surface area contributed by atoms with Crippen LogP contribution in [0.4, 0.5) is 5.95 Å². The van der Waals surface area contributed by atoms with E-state index in [2.05, 4.69) is 34.8 Å². The molecule has 0 atom stereocenters. The van der Waals surface area contributed by atoms with Crippen molar-refractivity contribution >= 4 is 32.9 Å². The van der Waals surface area contributed by atoms with Crippen molar-refractivity contribution in [3.05, 3.63) is 22.7 Å². The smallest absolute Gasteiger partial charge is 0.201 e. The fraction of sp³-hybridized carbons (Fsp3) is 0.462. The number of anilines is 1. The number of imidazole rings is 1. The predicted octanol–water partition coefficient (Wildman–Crippen LogP) is 3.20. The van der Waals surface area contributed by atoms with E-state index < -0.39 is 0 Å². The first-order valence-electron chi connectivity index (χ1n) is 5.98. The minimum Gasteiger partial charge on any atom is -0.374 e. The van der Waals surface area contributed by atoms with E-state index in [0.29, 0.717) is 19.1 Å². The highest BCUT2D eigenvalue weighted by Gasteiger charge is 2.21. The van der Waals surface area contributed by atoms with Gasteiger partial charge in [-0.2, -0.15) is 0 Å².